The van der Waals surface area contributed by atoms with Gasteiger partial charge in [0.05, 0.1) is 6.10 Å². The van der Waals surface area contributed by atoms with Crippen molar-refractivity contribution in [3.8, 4) is 5.75 Å². The first kappa shape index (κ1) is 19.2. The summed E-state index contributed by atoms with van der Waals surface area (Å²) in [7, 11) is 0. The van der Waals surface area contributed by atoms with Crippen LogP contribution in [0, 0.1) is 11.7 Å². The Bertz CT molecular complexity index is 692. The molecule has 1 fully saturated rings. The van der Waals surface area contributed by atoms with E-state index in [0.29, 0.717) is 31.1 Å². The highest BCUT2D eigenvalue weighted by atomic mass is 35.5. The lowest BCUT2D eigenvalue weighted by atomic mass is 10.1. The van der Waals surface area contributed by atoms with Crippen LogP contribution in [-0.4, -0.2) is 36.8 Å². The molecule has 3 N–H and O–H groups in total. The molecule has 1 saturated heterocycles. The van der Waals surface area contributed by atoms with Gasteiger partial charge >= 0.3 is 0 Å². The Hall–Kier alpha value is -2.09. The van der Waals surface area contributed by atoms with Gasteiger partial charge < -0.3 is 24.9 Å². The summed E-state index contributed by atoms with van der Waals surface area (Å²) in [6.45, 7) is 1.75. The van der Waals surface area contributed by atoms with Gasteiger partial charge in [-0.15, -0.1) is 12.4 Å². The zero-order valence-electron chi connectivity index (χ0n) is 13.4. The van der Waals surface area contributed by atoms with Crippen molar-refractivity contribution < 1.29 is 23.4 Å². The third-order valence-corrected chi connectivity index (χ3v) is 3.91. The number of aliphatic hydroxyl groups excluding tert-OH is 1. The Morgan fingerprint density at radius 1 is 1.28 bits per heavy atom. The molecule has 2 unspecified atom stereocenters. The number of aliphatic hydroxyl groups is 1. The van der Waals surface area contributed by atoms with E-state index in [1.807, 2.05) is 0 Å². The second-order valence-electron chi connectivity index (χ2n) is 5.70. The summed E-state index contributed by atoms with van der Waals surface area (Å²) in [4.78, 5) is 12.0. The van der Waals surface area contributed by atoms with E-state index in [1.165, 1.54) is 24.3 Å². The van der Waals surface area contributed by atoms with Crippen molar-refractivity contribution in [3.63, 3.8) is 0 Å². The van der Waals surface area contributed by atoms with Crippen LogP contribution in [0.4, 0.5) is 4.39 Å². The van der Waals surface area contributed by atoms with E-state index in [1.54, 1.807) is 12.1 Å². The molecule has 1 aromatic carbocycles. The maximum Gasteiger partial charge on any atom is 0.287 e. The normalized spacial score (nSPS) is 19.3. The van der Waals surface area contributed by atoms with E-state index < -0.39 is 6.10 Å². The molecule has 25 heavy (non-hydrogen) atoms. The van der Waals surface area contributed by atoms with Gasteiger partial charge in [-0.1, -0.05) is 0 Å². The fraction of sp³-hybridized carbons (Fsp3) is 0.353. The molecule has 136 valence electrons. The molecule has 8 heteroatoms. The van der Waals surface area contributed by atoms with E-state index in [9.17, 15) is 14.3 Å². The largest absolute Gasteiger partial charge is 0.486 e. The molecule has 3 rings (SSSR count). The highest BCUT2D eigenvalue weighted by molar-refractivity contribution is 5.91. The van der Waals surface area contributed by atoms with Gasteiger partial charge in [0.25, 0.3) is 5.91 Å². The number of hydrogen-bond acceptors (Lipinski definition) is 5. The zero-order valence-corrected chi connectivity index (χ0v) is 14.2. The Morgan fingerprint density at radius 3 is 2.72 bits per heavy atom. The van der Waals surface area contributed by atoms with E-state index in [4.69, 9.17) is 9.15 Å². The Balaban J connectivity index is 0.00000225. The number of carbonyl (C=O) groups is 1. The van der Waals surface area contributed by atoms with Crippen LogP contribution < -0.4 is 15.4 Å². The van der Waals surface area contributed by atoms with E-state index in [2.05, 4.69) is 10.6 Å². The van der Waals surface area contributed by atoms with Crippen molar-refractivity contribution in [2.24, 2.45) is 5.92 Å². The molecule has 1 aliphatic heterocycles. The maximum atomic E-state index is 12.8. The number of benzene rings is 1. The van der Waals surface area contributed by atoms with Crippen LogP contribution in [0.15, 0.2) is 40.8 Å². The summed E-state index contributed by atoms with van der Waals surface area (Å²) >= 11 is 0. The van der Waals surface area contributed by atoms with Crippen LogP contribution in [0.1, 0.15) is 16.3 Å². The molecule has 6 nitrogen and oxygen atoms in total. The highest BCUT2D eigenvalue weighted by Gasteiger charge is 2.25. The van der Waals surface area contributed by atoms with E-state index in [0.717, 1.165) is 0 Å². The summed E-state index contributed by atoms with van der Waals surface area (Å²) in [5.41, 5.74) is 0. The summed E-state index contributed by atoms with van der Waals surface area (Å²) in [6, 6.07) is 8.89. The number of halogens is 2. The number of amides is 1. The van der Waals surface area contributed by atoms with Gasteiger partial charge in [0.1, 0.15) is 23.9 Å². The topological polar surface area (TPSA) is 83.7 Å². The first-order chi connectivity index (χ1) is 11.6. The summed E-state index contributed by atoms with van der Waals surface area (Å²) in [6.07, 6.45) is -0.443. The first-order valence-corrected chi connectivity index (χ1v) is 7.76. The predicted molar refractivity (Wildman–Crippen MR) is 91.4 cm³/mol. The molecule has 0 bridgehead atoms. The van der Waals surface area contributed by atoms with Crippen molar-refractivity contribution in [1.82, 2.24) is 10.6 Å². The van der Waals surface area contributed by atoms with E-state index in [-0.39, 0.29) is 42.4 Å². The number of nitrogens with one attached hydrogen (secondary N) is 2. The van der Waals surface area contributed by atoms with Gasteiger partial charge in [-0.2, -0.15) is 0 Å². The molecule has 0 aliphatic carbocycles. The SMILES string of the molecule is Cl.O=C(NCC1CNCC1O)c1ccc(COc2ccc(F)cc2)o1. The van der Waals surface area contributed by atoms with Crippen molar-refractivity contribution in [2.75, 3.05) is 19.6 Å². The van der Waals surface area contributed by atoms with Crippen LogP contribution in [0.3, 0.4) is 0 Å². The number of ether oxygens (including phenoxy) is 1. The smallest absolute Gasteiger partial charge is 0.287 e. The lowest BCUT2D eigenvalue weighted by Gasteiger charge is -2.13. The third-order valence-electron chi connectivity index (χ3n) is 3.91. The van der Waals surface area contributed by atoms with Crippen LogP contribution >= 0.6 is 12.4 Å². The lowest BCUT2D eigenvalue weighted by Crippen LogP contribution is -2.34. The molecular weight excluding hydrogens is 351 g/mol. The van der Waals surface area contributed by atoms with Gasteiger partial charge in [-0.25, -0.2) is 4.39 Å². The van der Waals surface area contributed by atoms with E-state index >= 15 is 0 Å². The Morgan fingerprint density at radius 2 is 2.04 bits per heavy atom. The Kier molecular flexibility index (Phi) is 6.81. The van der Waals surface area contributed by atoms with Crippen LogP contribution in [0.25, 0.3) is 0 Å². The molecule has 0 saturated carbocycles. The van der Waals surface area contributed by atoms with Crippen LogP contribution in [-0.2, 0) is 6.61 Å². The molecular formula is C17H20ClFN2O4. The van der Waals surface area contributed by atoms with Gasteiger partial charge in [-0.3, -0.25) is 4.79 Å². The average molecular weight is 371 g/mol. The van der Waals surface area contributed by atoms with Gasteiger partial charge in [0.2, 0.25) is 0 Å². The van der Waals surface area contributed by atoms with Crippen molar-refractivity contribution in [2.45, 2.75) is 12.7 Å². The molecule has 0 radical (unpaired) electrons. The second-order valence-corrected chi connectivity index (χ2v) is 5.70. The summed E-state index contributed by atoms with van der Waals surface area (Å²) in [5, 5.41) is 15.5. The molecule has 2 atom stereocenters. The lowest BCUT2D eigenvalue weighted by molar-refractivity contribution is 0.0896. The van der Waals surface area contributed by atoms with Crippen LogP contribution in [0.5, 0.6) is 5.75 Å². The summed E-state index contributed by atoms with van der Waals surface area (Å²) in [5.74, 6) is 0.538. The highest BCUT2D eigenvalue weighted by Crippen LogP contribution is 2.15. The maximum absolute atomic E-state index is 12.8. The minimum Gasteiger partial charge on any atom is -0.486 e. The standard InChI is InChI=1S/C17H19FN2O4.ClH/c18-12-1-3-13(4-2-12)23-10-14-5-6-16(24-14)17(22)20-8-11-7-19-9-15(11)21;/h1-6,11,15,19,21H,7-10H2,(H,20,22);1H. The fourth-order valence-electron chi connectivity index (χ4n) is 2.50. The monoisotopic (exact) mass is 370 g/mol. The van der Waals surface area contributed by atoms with Gasteiger partial charge in [0.15, 0.2) is 5.76 Å². The number of carbonyl (C=O) groups excluding carboxylic acids is 1. The van der Waals surface area contributed by atoms with Crippen LogP contribution in [0.2, 0.25) is 0 Å². The fourth-order valence-corrected chi connectivity index (χ4v) is 2.50. The molecule has 1 amide bonds. The number of furan rings is 1. The van der Waals surface area contributed by atoms with Crippen molar-refractivity contribution >= 4 is 18.3 Å². The number of β-amino-alcohol motifs (C(OH)–C–C–N with tert-alkyl or cyclic N) is 1. The quantitative estimate of drug-likeness (QED) is 0.721. The average Bonchev–Trinajstić information content (AvgIpc) is 3.21. The number of hydrogen-bond donors (Lipinski definition) is 3. The summed E-state index contributed by atoms with van der Waals surface area (Å²) < 4.78 is 23.7. The molecule has 2 aromatic rings. The van der Waals surface area contributed by atoms with Crippen molar-refractivity contribution in [3.05, 3.63) is 53.7 Å². The Labute approximate surface area is 150 Å². The first-order valence-electron chi connectivity index (χ1n) is 7.76. The predicted octanol–water partition coefficient (Wildman–Crippen LogP) is 1.73. The molecule has 0 spiro atoms. The zero-order chi connectivity index (χ0) is 16.9. The van der Waals surface area contributed by atoms with Gasteiger partial charge in [0, 0.05) is 25.6 Å². The minimum atomic E-state index is -0.443. The number of rotatable bonds is 6. The molecule has 2 heterocycles. The second kappa shape index (κ2) is 8.84. The van der Waals surface area contributed by atoms with Gasteiger partial charge in [-0.05, 0) is 36.4 Å². The third kappa shape index (κ3) is 5.19. The molecule has 1 aromatic heterocycles. The minimum absolute atomic E-state index is 0. The van der Waals surface area contributed by atoms with Crippen molar-refractivity contribution in [1.29, 1.82) is 0 Å². The molecule has 1 aliphatic rings.